The second-order valence-electron chi connectivity index (χ2n) is 15.1. The molecule has 5 heteroatoms. The molecule has 0 rings (SSSR count). The fourth-order valence-electron chi connectivity index (χ4n) is 6.21. The van der Waals surface area contributed by atoms with Gasteiger partial charge >= 0.3 is 19.5 Å². The molecule has 0 aliphatic rings. The first-order valence-electron chi connectivity index (χ1n) is 22.9. The Morgan fingerprint density at radius 3 is 0.691 bits per heavy atom. The minimum Gasteiger partial charge on any atom is -0.550 e. The number of carbonyl (C=O) groups is 2. The zero-order valence-electron chi connectivity index (χ0n) is 36.2. The van der Waals surface area contributed by atoms with Crippen molar-refractivity contribution in [2.75, 3.05) is 0 Å². The van der Waals surface area contributed by atoms with E-state index in [0.717, 1.165) is 77.0 Å². The standard InChI is InChI=1S/2C25H42O2.Zn/c2*1-2-3-4-5-6-7-8-9-10-11-12-13-14-15-16-17-18-19-20-21-22-23-24-25(26)27;/h2*2-12,17-24H2,1H3,(H,26,27);/q;;+2/p-2. The smallest absolute Gasteiger partial charge is 0.550 e. The molecule has 308 valence electrons. The van der Waals surface area contributed by atoms with Crippen LogP contribution in [0.15, 0.2) is 0 Å². The number of aliphatic carboxylic acids is 2. The Kier molecular flexibility index (Phi) is 56.0. The minimum absolute atomic E-state index is 0. The number of carboxylic acid groups (broad SMARTS) is 2. The fraction of sp³-hybridized carbons (Fsp3) is 0.800. The molecular weight excluding hydrogens is 730 g/mol. The zero-order chi connectivity index (χ0) is 39.7. The molecule has 0 unspecified atom stereocenters. The quantitative estimate of drug-likeness (QED) is 0.0358. The van der Waals surface area contributed by atoms with Crippen molar-refractivity contribution >= 4 is 11.9 Å². The molecule has 55 heavy (non-hydrogen) atoms. The van der Waals surface area contributed by atoms with Crippen LogP contribution in [0.3, 0.4) is 0 Å². The number of hydrogen-bond donors (Lipinski definition) is 0. The topological polar surface area (TPSA) is 80.3 Å². The maximum Gasteiger partial charge on any atom is 2.00 e. The van der Waals surface area contributed by atoms with Crippen LogP contribution < -0.4 is 10.2 Å². The van der Waals surface area contributed by atoms with E-state index in [1.54, 1.807) is 0 Å². The van der Waals surface area contributed by atoms with Gasteiger partial charge in [-0.05, 0) is 75.0 Å². The van der Waals surface area contributed by atoms with Crippen molar-refractivity contribution in [3.63, 3.8) is 0 Å². The van der Waals surface area contributed by atoms with Crippen molar-refractivity contribution in [3.05, 3.63) is 0 Å². The molecule has 0 aliphatic carbocycles. The van der Waals surface area contributed by atoms with E-state index in [1.165, 1.54) is 154 Å². The van der Waals surface area contributed by atoms with Gasteiger partial charge in [0.25, 0.3) is 0 Å². The summed E-state index contributed by atoms with van der Waals surface area (Å²) in [5.74, 6) is 22.6. The van der Waals surface area contributed by atoms with Crippen LogP contribution in [0.4, 0.5) is 0 Å². The molecule has 0 aromatic rings. The van der Waals surface area contributed by atoms with E-state index < -0.39 is 11.9 Å². The molecule has 0 saturated carbocycles. The van der Waals surface area contributed by atoms with Crippen molar-refractivity contribution in [1.29, 1.82) is 0 Å². The van der Waals surface area contributed by atoms with Crippen molar-refractivity contribution in [3.8, 4) is 47.4 Å². The Bertz CT molecular complexity index is 982. The average molecular weight is 813 g/mol. The first-order chi connectivity index (χ1) is 26.5. The van der Waals surface area contributed by atoms with Crippen molar-refractivity contribution in [1.82, 2.24) is 0 Å². The van der Waals surface area contributed by atoms with E-state index in [2.05, 4.69) is 61.2 Å². The number of rotatable bonds is 36. The SMILES string of the molecule is CCCCCCCCCCCCC#CC#CCCCCCCCCC(=O)[O-].CCCCCCCCCCCCC#CC#CCCCCCCCCC(=O)[O-].[Zn+2]. The molecule has 0 heterocycles. The van der Waals surface area contributed by atoms with Gasteiger partial charge in [0, 0.05) is 37.6 Å². The molecule has 0 aromatic heterocycles. The van der Waals surface area contributed by atoms with Gasteiger partial charge in [-0.1, -0.05) is 204 Å². The van der Waals surface area contributed by atoms with Gasteiger partial charge in [-0.3, -0.25) is 0 Å². The Labute approximate surface area is 354 Å². The Hall–Kier alpha value is -2.20. The molecular formula is C50H82O4Zn. The van der Waals surface area contributed by atoms with E-state index in [-0.39, 0.29) is 32.3 Å². The molecule has 0 aromatic carbocycles. The summed E-state index contributed by atoms with van der Waals surface area (Å²) in [5.41, 5.74) is 0. The van der Waals surface area contributed by atoms with E-state index in [9.17, 15) is 19.8 Å². The second-order valence-corrected chi connectivity index (χ2v) is 15.1. The molecule has 0 saturated heterocycles. The van der Waals surface area contributed by atoms with Crippen LogP contribution in [0.1, 0.15) is 258 Å². The molecule has 0 radical (unpaired) electrons. The maximum absolute atomic E-state index is 10.3. The van der Waals surface area contributed by atoms with Crippen molar-refractivity contribution in [2.45, 2.75) is 258 Å². The molecule has 0 spiro atoms. The van der Waals surface area contributed by atoms with Gasteiger partial charge in [-0.25, -0.2) is 0 Å². The van der Waals surface area contributed by atoms with Gasteiger partial charge in [0.2, 0.25) is 0 Å². The number of unbranched alkanes of at least 4 members (excludes halogenated alkanes) is 32. The Balaban J connectivity index is -0.000000966. The fourth-order valence-corrected chi connectivity index (χ4v) is 6.21. The van der Waals surface area contributed by atoms with Crippen LogP contribution in [0.2, 0.25) is 0 Å². The van der Waals surface area contributed by atoms with Crippen LogP contribution in [0.5, 0.6) is 0 Å². The first kappa shape index (κ1) is 57.1. The van der Waals surface area contributed by atoms with Gasteiger partial charge in [0.15, 0.2) is 0 Å². The summed E-state index contributed by atoms with van der Waals surface area (Å²) in [6.45, 7) is 4.54. The van der Waals surface area contributed by atoms with Gasteiger partial charge in [-0.2, -0.15) is 0 Å². The summed E-state index contributed by atoms with van der Waals surface area (Å²) in [6.07, 6.45) is 44.1. The van der Waals surface area contributed by atoms with Crippen molar-refractivity contribution in [2.24, 2.45) is 0 Å². The molecule has 0 atom stereocenters. The molecule has 0 bridgehead atoms. The average Bonchev–Trinajstić information content (AvgIpc) is 3.15. The van der Waals surface area contributed by atoms with E-state index in [0.29, 0.717) is 0 Å². The Morgan fingerprint density at radius 2 is 0.491 bits per heavy atom. The normalized spacial score (nSPS) is 9.78. The van der Waals surface area contributed by atoms with Gasteiger partial charge in [0.1, 0.15) is 0 Å². The minimum atomic E-state index is -0.931. The number of hydrogen-bond acceptors (Lipinski definition) is 4. The third-order valence-electron chi connectivity index (χ3n) is 9.65. The molecule has 0 fully saturated rings. The van der Waals surface area contributed by atoms with Crippen LogP contribution in [-0.4, -0.2) is 11.9 Å². The first-order valence-corrected chi connectivity index (χ1v) is 22.9. The van der Waals surface area contributed by atoms with Crippen molar-refractivity contribution < 1.29 is 39.3 Å². The predicted molar refractivity (Wildman–Crippen MR) is 228 cm³/mol. The number of carbonyl (C=O) groups excluding carboxylic acids is 2. The van der Waals surface area contributed by atoms with Crippen LogP contribution in [0, 0.1) is 47.4 Å². The third-order valence-corrected chi connectivity index (χ3v) is 9.65. The summed E-state index contributed by atoms with van der Waals surface area (Å²) in [7, 11) is 0. The Morgan fingerprint density at radius 1 is 0.309 bits per heavy atom. The van der Waals surface area contributed by atoms with Gasteiger partial charge < -0.3 is 19.8 Å². The molecule has 0 N–H and O–H groups in total. The van der Waals surface area contributed by atoms with E-state index >= 15 is 0 Å². The monoisotopic (exact) mass is 811 g/mol. The van der Waals surface area contributed by atoms with Gasteiger partial charge in [0.05, 0.1) is 0 Å². The molecule has 0 amide bonds. The third kappa shape index (κ3) is 61.2. The van der Waals surface area contributed by atoms with E-state index in [1.807, 2.05) is 0 Å². The summed E-state index contributed by atoms with van der Waals surface area (Å²) in [5, 5.41) is 20.5. The van der Waals surface area contributed by atoms with Crippen LogP contribution in [-0.2, 0) is 29.1 Å². The van der Waals surface area contributed by atoms with E-state index in [4.69, 9.17) is 0 Å². The summed E-state index contributed by atoms with van der Waals surface area (Å²) in [4.78, 5) is 20.5. The molecule has 0 aliphatic heterocycles. The molecule has 4 nitrogen and oxygen atoms in total. The number of carboxylic acids is 2. The summed E-state index contributed by atoms with van der Waals surface area (Å²) in [6, 6.07) is 0. The summed E-state index contributed by atoms with van der Waals surface area (Å²) < 4.78 is 0. The van der Waals surface area contributed by atoms with Crippen LogP contribution in [0.25, 0.3) is 0 Å². The summed E-state index contributed by atoms with van der Waals surface area (Å²) >= 11 is 0. The van der Waals surface area contributed by atoms with Gasteiger partial charge in [-0.15, -0.1) is 0 Å². The maximum atomic E-state index is 10.3. The van der Waals surface area contributed by atoms with Crippen LogP contribution >= 0.6 is 0 Å². The largest absolute Gasteiger partial charge is 2.00 e. The second kappa shape index (κ2) is 53.9. The predicted octanol–water partition coefficient (Wildman–Crippen LogP) is 12.3. The zero-order valence-corrected chi connectivity index (χ0v) is 39.2.